The zero-order valence-electron chi connectivity index (χ0n) is 30.1. The molecule has 14 heteroatoms. The maximum Gasteiger partial charge on any atom is 0.410 e. The van der Waals surface area contributed by atoms with E-state index in [2.05, 4.69) is 4.98 Å². The highest BCUT2D eigenvalue weighted by Crippen LogP contribution is 2.60. The smallest absolute Gasteiger partial charge is 0.410 e. The van der Waals surface area contributed by atoms with Gasteiger partial charge in [0.25, 0.3) is 5.92 Å². The molecule has 0 N–H and O–H groups in total. The van der Waals surface area contributed by atoms with Gasteiger partial charge in [0, 0.05) is 44.1 Å². The maximum absolute atomic E-state index is 17.2. The molecule has 7 rings (SSSR count). The zero-order valence-corrected chi connectivity index (χ0v) is 30.9. The molecule has 3 fully saturated rings. The molecule has 3 aromatic carbocycles. The molecule has 2 unspecified atom stereocenters. The number of amides is 1. The number of carbonyl (C=O) groups is 1. The van der Waals surface area contributed by atoms with Crippen molar-refractivity contribution in [1.82, 2.24) is 19.8 Å². The van der Waals surface area contributed by atoms with Gasteiger partial charge < -0.3 is 28.7 Å². The summed E-state index contributed by atoms with van der Waals surface area (Å²) in [7, 11) is 4.96. The monoisotopic (exact) mass is 741 g/mol. The fraction of sp³-hybridized carbons (Fsp3) is 0.500. The summed E-state index contributed by atoms with van der Waals surface area (Å²) in [6.45, 7) is 5.98. The van der Waals surface area contributed by atoms with Gasteiger partial charge in [-0.2, -0.15) is 9.97 Å². The standard InChI is InChI=1S/C38H43ClF3N5O5/c1-36(2,3)52-35(48)47-23-11-12-24(47)17-46(16-23)33-28-15-29(39)30(27-14-25(51-21-49-6)13-22-9-7-8-10-26(22)27)31(40)32(28)43-34(44-33)50-20-37(19-45(4)5)18-38(37,41)42/h7-10,13-15,23-24H,11-12,16-21H2,1-6H3/t23?,24?,37-/m0/s1. The number of hydrogen-bond donors (Lipinski definition) is 0. The number of carbonyl (C=O) groups excluding carboxylic acids is 1. The number of rotatable bonds is 10. The summed E-state index contributed by atoms with van der Waals surface area (Å²) in [4.78, 5) is 27.9. The van der Waals surface area contributed by atoms with Gasteiger partial charge in [0.15, 0.2) is 12.6 Å². The van der Waals surface area contributed by atoms with E-state index in [1.165, 1.54) is 7.11 Å². The average molecular weight is 742 g/mol. The first-order valence-corrected chi connectivity index (χ1v) is 17.7. The number of benzene rings is 3. The topological polar surface area (TPSA) is 89.5 Å². The summed E-state index contributed by atoms with van der Waals surface area (Å²) < 4.78 is 69.3. The van der Waals surface area contributed by atoms with E-state index in [4.69, 9.17) is 35.5 Å². The first-order chi connectivity index (χ1) is 24.6. The number of hydrogen-bond acceptors (Lipinski definition) is 9. The third-order valence-corrected chi connectivity index (χ3v) is 10.3. The second-order valence-electron chi connectivity index (χ2n) is 15.4. The van der Waals surface area contributed by atoms with E-state index < -0.39 is 22.8 Å². The molecule has 10 nitrogen and oxygen atoms in total. The van der Waals surface area contributed by atoms with Crippen molar-refractivity contribution in [3.8, 4) is 22.9 Å². The zero-order chi connectivity index (χ0) is 37.2. The minimum atomic E-state index is -2.92. The van der Waals surface area contributed by atoms with E-state index in [0.29, 0.717) is 35.6 Å². The normalized spacial score (nSPS) is 22.4. The van der Waals surface area contributed by atoms with Crippen LogP contribution in [0.5, 0.6) is 11.8 Å². The molecular formula is C38H43ClF3N5O5. The van der Waals surface area contributed by atoms with Gasteiger partial charge in [0.1, 0.15) is 29.3 Å². The number of fused-ring (bicyclic) bond motifs is 4. The van der Waals surface area contributed by atoms with Crippen LogP contribution < -0.4 is 14.4 Å². The van der Waals surface area contributed by atoms with Crippen LogP contribution in [-0.2, 0) is 9.47 Å². The van der Waals surface area contributed by atoms with Crippen molar-refractivity contribution in [2.24, 2.45) is 5.41 Å². The Hall–Kier alpha value is -4.07. The molecule has 0 radical (unpaired) electrons. The van der Waals surface area contributed by atoms with Gasteiger partial charge in [-0.05, 0) is 82.2 Å². The highest BCUT2D eigenvalue weighted by atomic mass is 35.5. The SMILES string of the molecule is COCOc1cc(-c2c(Cl)cc3c(N4CC5CCC(C4)N5C(=O)OC(C)(C)C)nc(OC[C@@]4(CN(C)C)CC4(F)F)nc3c2F)c2ccccc2c1. The summed E-state index contributed by atoms with van der Waals surface area (Å²) in [5, 5.41) is 1.98. The van der Waals surface area contributed by atoms with Crippen molar-refractivity contribution >= 4 is 45.2 Å². The van der Waals surface area contributed by atoms with Crippen LogP contribution in [0.2, 0.25) is 5.02 Å². The van der Waals surface area contributed by atoms with Gasteiger partial charge in [-0.15, -0.1) is 0 Å². The average Bonchev–Trinajstić information content (AvgIpc) is 3.49. The third-order valence-electron chi connectivity index (χ3n) is 9.98. The predicted molar refractivity (Wildman–Crippen MR) is 193 cm³/mol. The third kappa shape index (κ3) is 6.78. The molecule has 1 amide bonds. The number of alkyl halides is 2. The van der Waals surface area contributed by atoms with Crippen LogP contribution in [-0.4, -0.2) is 104 Å². The molecule has 1 aliphatic carbocycles. The molecule has 3 atom stereocenters. The lowest BCUT2D eigenvalue weighted by Gasteiger charge is -2.42. The van der Waals surface area contributed by atoms with Crippen LogP contribution >= 0.6 is 11.6 Å². The fourth-order valence-electron chi connectivity index (χ4n) is 7.66. The minimum absolute atomic E-state index is 0.0134. The Morgan fingerprint density at radius 2 is 1.73 bits per heavy atom. The Bertz CT molecular complexity index is 2010. The summed E-state index contributed by atoms with van der Waals surface area (Å²) in [5.74, 6) is -2.84. The number of methoxy groups -OCH3 is 1. The molecule has 52 heavy (non-hydrogen) atoms. The number of aromatic nitrogens is 2. The van der Waals surface area contributed by atoms with Crippen molar-refractivity contribution in [1.29, 1.82) is 0 Å². The van der Waals surface area contributed by atoms with Crippen molar-refractivity contribution in [3.63, 3.8) is 0 Å². The van der Waals surface area contributed by atoms with Gasteiger partial charge in [0.05, 0.1) is 22.5 Å². The van der Waals surface area contributed by atoms with E-state index in [1.807, 2.05) is 56.0 Å². The number of nitrogens with zero attached hydrogens (tertiary/aromatic N) is 5. The molecular weight excluding hydrogens is 699 g/mol. The minimum Gasteiger partial charge on any atom is -0.468 e. The van der Waals surface area contributed by atoms with E-state index in [1.54, 1.807) is 36.0 Å². The predicted octanol–water partition coefficient (Wildman–Crippen LogP) is 7.78. The second-order valence-corrected chi connectivity index (χ2v) is 15.8. The highest BCUT2D eigenvalue weighted by Gasteiger charge is 2.71. The van der Waals surface area contributed by atoms with E-state index in [9.17, 15) is 13.6 Å². The van der Waals surface area contributed by atoms with Crippen molar-refractivity contribution in [2.45, 2.75) is 63.6 Å². The largest absolute Gasteiger partial charge is 0.468 e. The first-order valence-electron chi connectivity index (χ1n) is 17.4. The maximum atomic E-state index is 17.2. The molecule has 3 heterocycles. The lowest BCUT2D eigenvalue weighted by molar-refractivity contribution is 0.0122. The van der Waals surface area contributed by atoms with Crippen LogP contribution in [0.1, 0.15) is 40.0 Å². The molecule has 278 valence electrons. The van der Waals surface area contributed by atoms with Crippen molar-refractivity contribution in [2.75, 3.05) is 59.1 Å². The summed E-state index contributed by atoms with van der Waals surface area (Å²) >= 11 is 6.99. The van der Waals surface area contributed by atoms with Gasteiger partial charge in [-0.25, -0.2) is 18.0 Å². The van der Waals surface area contributed by atoms with Crippen LogP contribution in [0.4, 0.5) is 23.8 Å². The molecule has 1 saturated carbocycles. The molecule has 4 aromatic rings. The number of ether oxygens (including phenoxy) is 4. The van der Waals surface area contributed by atoms with E-state index in [0.717, 1.165) is 23.6 Å². The second kappa shape index (κ2) is 13.4. The lowest BCUT2D eigenvalue weighted by atomic mass is 9.96. The van der Waals surface area contributed by atoms with Gasteiger partial charge in [-0.1, -0.05) is 35.9 Å². The Kier molecular flexibility index (Phi) is 9.36. The van der Waals surface area contributed by atoms with Gasteiger partial charge in [-0.3, -0.25) is 4.90 Å². The molecule has 3 aliphatic rings. The summed E-state index contributed by atoms with van der Waals surface area (Å²) in [6, 6.07) is 12.1. The molecule has 2 saturated heterocycles. The van der Waals surface area contributed by atoms with Crippen LogP contribution in [0.3, 0.4) is 0 Å². The van der Waals surface area contributed by atoms with Crippen molar-refractivity contribution < 1.29 is 36.9 Å². The molecule has 2 aliphatic heterocycles. The fourth-order valence-corrected chi connectivity index (χ4v) is 7.96. The first kappa shape index (κ1) is 36.3. The van der Waals surface area contributed by atoms with Crippen molar-refractivity contribution in [3.05, 3.63) is 53.3 Å². The van der Waals surface area contributed by atoms with Gasteiger partial charge in [0.2, 0.25) is 0 Å². The lowest BCUT2D eigenvalue weighted by Crippen LogP contribution is -2.57. The molecule has 1 aromatic heterocycles. The Morgan fingerprint density at radius 3 is 2.37 bits per heavy atom. The Morgan fingerprint density at radius 1 is 1.04 bits per heavy atom. The van der Waals surface area contributed by atoms with Crippen LogP contribution in [0.25, 0.3) is 32.8 Å². The van der Waals surface area contributed by atoms with E-state index >= 15 is 4.39 Å². The Labute approximate surface area is 305 Å². The summed E-state index contributed by atoms with van der Waals surface area (Å²) in [6.07, 6.45) is 0.790. The highest BCUT2D eigenvalue weighted by molar-refractivity contribution is 6.35. The summed E-state index contributed by atoms with van der Waals surface area (Å²) in [5.41, 5.74) is -1.58. The Balaban J connectivity index is 1.33. The number of piperazine rings is 1. The molecule has 0 spiro atoms. The van der Waals surface area contributed by atoms with Gasteiger partial charge >= 0.3 is 12.1 Å². The molecule has 2 bridgehead atoms. The number of anilines is 1. The van der Waals surface area contributed by atoms with Crippen LogP contribution in [0.15, 0.2) is 42.5 Å². The van der Waals surface area contributed by atoms with Crippen LogP contribution in [0, 0.1) is 11.2 Å². The quantitative estimate of drug-likeness (QED) is 0.151. The van der Waals surface area contributed by atoms with E-state index in [-0.39, 0.29) is 66.7 Å². The number of halogens is 4.